The summed E-state index contributed by atoms with van der Waals surface area (Å²) in [5, 5.41) is 2.81. The van der Waals surface area contributed by atoms with Crippen molar-refractivity contribution in [1.29, 1.82) is 0 Å². The van der Waals surface area contributed by atoms with Crippen LogP contribution >= 0.6 is 0 Å². The van der Waals surface area contributed by atoms with E-state index in [1.165, 1.54) is 0 Å². The van der Waals surface area contributed by atoms with Crippen LogP contribution in [0.4, 0.5) is 17.2 Å². The lowest BCUT2D eigenvalue weighted by atomic mass is 10.0. The SMILES string of the molecule is CCc1cccc(N2CCN(c3ccc(NC(=O)C(=O)c4c(-c5ccccc5)cc(C)n4CCOC)cc3)CC2)n1. The van der Waals surface area contributed by atoms with Crippen LogP contribution in [0.5, 0.6) is 0 Å². The number of aromatic nitrogens is 2. The highest BCUT2D eigenvalue weighted by atomic mass is 16.5. The molecule has 0 bridgehead atoms. The molecule has 212 valence electrons. The van der Waals surface area contributed by atoms with Gasteiger partial charge in [0.05, 0.1) is 6.61 Å². The van der Waals surface area contributed by atoms with Crippen LogP contribution < -0.4 is 15.1 Å². The van der Waals surface area contributed by atoms with Crippen LogP contribution in [0.3, 0.4) is 0 Å². The number of rotatable bonds is 10. The molecule has 0 saturated carbocycles. The number of hydrogen-bond acceptors (Lipinski definition) is 6. The molecule has 41 heavy (non-hydrogen) atoms. The number of anilines is 3. The molecule has 1 aliphatic rings. The zero-order chi connectivity index (χ0) is 28.8. The summed E-state index contributed by atoms with van der Waals surface area (Å²) >= 11 is 0. The molecule has 1 fully saturated rings. The van der Waals surface area contributed by atoms with Crippen molar-refractivity contribution < 1.29 is 14.3 Å². The Hall–Kier alpha value is -4.43. The van der Waals surface area contributed by atoms with Crippen molar-refractivity contribution in [3.05, 3.63) is 95.9 Å². The van der Waals surface area contributed by atoms with Gasteiger partial charge < -0.3 is 24.4 Å². The average Bonchev–Trinajstić information content (AvgIpc) is 3.36. The Morgan fingerprint density at radius 1 is 0.902 bits per heavy atom. The zero-order valence-corrected chi connectivity index (χ0v) is 24.0. The van der Waals surface area contributed by atoms with Gasteiger partial charge in [0.2, 0.25) is 0 Å². The quantitative estimate of drug-likeness (QED) is 0.215. The van der Waals surface area contributed by atoms with E-state index < -0.39 is 11.7 Å². The van der Waals surface area contributed by atoms with Gasteiger partial charge in [-0.2, -0.15) is 0 Å². The number of benzene rings is 2. The van der Waals surface area contributed by atoms with E-state index in [0.717, 1.165) is 66.6 Å². The van der Waals surface area contributed by atoms with Crippen molar-refractivity contribution in [1.82, 2.24) is 9.55 Å². The molecule has 0 unspecified atom stereocenters. The average molecular weight is 552 g/mol. The molecule has 4 aromatic rings. The summed E-state index contributed by atoms with van der Waals surface area (Å²) in [6, 6.07) is 25.5. The zero-order valence-electron chi connectivity index (χ0n) is 24.0. The van der Waals surface area contributed by atoms with E-state index in [1.54, 1.807) is 7.11 Å². The van der Waals surface area contributed by atoms with E-state index in [0.29, 0.717) is 24.5 Å². The number of amides is 1. The van der Waals surface area contributed by atoms with Crippen LogP contribution in [-0.4, -0.2) is 61.1 Å². The van der Waals surface area contributed by atoms with Gasteiger partial charge in [-0.15, -0.1) is 0 Å². The number of Topliss-reactive ketones (excluding diaryl/α,β-unsaturated/α-hetero) is 1. The molecule has 8 nitrogen and oxygen atoms in total. The summed E-state index contributed by atoms with van der Waals surface area (Å²) in [7, 11) is 1.62. The molecule has 2 aromatic carbocycles. The molecule has 0 aliphatic carbocycles. The predicted octanol–water partition coefficient (Wildman–Crippen LogP) is 5.22. The molecular weight excluding hydrogens is 514 g/mol. The number of hydrogen-bond donors (Lipinski definition) is 1. The van der Waals surface area contributed by atoms with Crippen LogP contribution in [0.25, 0.3) is 11.1 Å². The molecule has 2 aromatic heterocycles. The van der Waals surface area contributed by atoms with Gasteiger partial charge in [0.1, 0.15) is 11.5 Å². The number of carbonyl (C=O) groups is 2. The fraction of sp³-hybridized carbons (Fsp3) is 0.303. The second kappa shape index (κ2) is 12.8. The molecule has 1 aliphatic heterocycles. The van der Waals surface area contributed by atoms with E-state index >= 15 is 0 Å². The van der Waals surface area contributed by atoms with Gasteiger partial charge in [-0.25, -0.2) is 4.98 Å². The van der Waals surface area contributed by atoms with E-state index in [4.69, 9.17) is 9.72 Å². The Morgan fingerprint density at radius 2 is 1.61 bits per heavy atom. The van der Waals surface area contributed by atoms with Crippen LogP contribution in [0, 0.1) is 6.92 Å². The highest BCUT2D eigenvalue weighted by molar-refractivity contribution is 6.47. The first-order valence-corrected chi connectivity index (χ1v) is 14.1. The second-order valence-electron chi connectivity index (χ2n) is 10.2. The van der Waals surface area contributed by atoms with Crippen molar-refractivity contribution in [3.8, 4) is 11.1 Å². The van der Waals surface area contributed by atoms with Gasteiger partial charge >= 0.3 is 0 Å². The standard InChI is InChI=1S/C33H37N5O3/c1-4-26-11-8-12-30(34-26)37-19-17-36(18-20-37)28-15-13-27(14-16-28)35-33(40)32(39)31-29(25-9-6-5-7-10-25)23-24(2)38(31)21-22-41-3/h5-16,23H,4,17-22H2,1-3H3,(H,35,40). The Labute approximate surface area is 241 Å². The smallest absolute Gasteiger partial charge is 0.298 e. The van der Waals surface area contributed by atoms with E-state index in [-0.39, 0.29) is 0 Å². The molecule has 0 atom stereocenters. The minimum absolute atomic E-state index is 0.372. The predicted molar refractivity (Wildman–Crippen MR) is 164 cm³/mol. The number of methoxy groups -OCH3 is 1. The van der Waals surface area contributed by atoms with Gasteiger partial charge in [0.25, 0.3) is 11.7 Å². The van der Waals surface area contributed by atoms with Crippen molar-refractivity contribution in [2.45, 2.75) is 26.8 Å². The lowest BCUT2D eigenvalue weighted by Gasteiger charge is -2.37. The third-order valence-electron chi connectivity index (χ3n) is 7.58. The Morgan fingerprint density at radius 3 is 2.29 bits per heavy atom. The first-order chi connectivity index (χ1) is 20.0. The number of nitrogens with zero attached hydrogens (tertiary/aromatic N) is 4. The lowest BCUT2D eigenvalue weighted by Crippen LogP contribution is -2.46. The fourth-order valence-electron chi connectivity index (χ4n) is 5.31. The Kier molecular flexibility index (Phi) is 8.79. The van der Waals surface area contributed by atoms with Crippen LogP contribution in [0.2, 0.25) is 0 Å². The highest BCUT2D eigenvalue weighted by Crippen LogP contribution is 2.29. The molecule has 1 N–H and O–H groups in total. The number of nitrogens with one attached hydrogen (secondary N) is 1. The van der Waals surface area contributed by atoms with Crippen molar-refractivity contribution in [2.75, 3.05) is 55.0 Å². The number of carbonyl (C=O) groups excluding carboxylic acids is 2. The number of pyridine rings is 1. The van der Waals surface area contributed by atoms with Crippen molar-refractivity contribution in [2.24, 2.45) is 0 Å². The first-order valence-electron chi connectivity index (χ1n) is 14.1. The molecule has 1 amide bonds. The monoisotopic (exact) mass is 551 g/mol. The van der Waals surface area contributed by atoms with E-state index in [2.05, 4.69) is 40.2 Å². The van der Waals surface area contributed by atoms with Gasteiger partial charge in [0.15, 0.2) is 0 Å². The molecule has 8 heteroatoms. The third-order valence-corrected chi connectivity index (χ3v) is 7.58. The Bertz CT molecular complexity index is 1490. The van der Waals surface area contributed by atoms with Crippen LogP contribution in [0.1, 0.15) is 28.8 Å². The van der Waals surface area contributed by atoms with E-state index in [9.17, 15) is 9.59 Å². The molecule has 1 saturated heterocycles. The fourth-order valence-corrected chi connectivity index (χ4v) is 5.31. The van der Waals surface area contributed by atoms with Crippen LogP contribution in [-0.2, 0) is 22.5 Å². The normalized spacial score (nSPS) is 13.3. The minimum atomic E-state index is -0.665. The maximum atomic E-state index is 13.6. The minimum Gasteiger partial charge on any atom is -0.383 e. The third kappa shape index (κ3) is 6.33. The molecule has 3 heterocycles. The topological polar surface area (TPSA) is 79.7 Å². The van der Waals surface area contributed by atoms with E-state index in [1.807, 2.05) is 72.2 Å². The maximum Gasteiger partial charge on any atom is 0.298 e. The number of ketones is 1. The van der Waals surface area contributed by atoms with Gasteiger partial charge in [-0.1, -0.05) is 43.3 Å². The van der Waals surface area contributed by atoms with Gasteiger partial charge in [-0.05, 0) is 61.4 Å². The van der Waals surface area contributed by atoms with Crippen LogP contribution in [0.15, 0.2) is 78.9 Å². The number of piperazine rings is 1. The summed E-state index contributed by atoms with van der Waals surface area (Å²) in [5.41, 5.74) is 5.67. The summed E-state index contributed by atoms with van der Waals surface area (Å²) < 4.78 is 7.13. The van der Waals surface area contributed by atoms with Gasteiger partial charge in [0, 0.05) is 68.2 Å². The summed E-state index contributed by atoms with van der Waals surface area (Å²) in [5.74, 6) is -0.207. The molecule has 0 spiro atoms. The lowest BCUT2D eigenvalue weighted by molar-refractivity contribution is -0.112. The maximum absolute atomic E-state index is 13.6. The largest absolute Gasteiger partial charge is 0.383 e. The number of ether oxygens (including phenoxy) is 1. The molecule has 5 rings (SSSR count). The summed E-state index contributed by atoms with van der Waals surface area (Å²) in [6.45, 7) is 8.50. The summed E-state index contributed by atoms with van der Waals surface area (Å²) in [4.78, 5) is 36.2. The molecule has 0 radical (unpaired) electrons. The first kappa shape index (κ1) is 28.1. The van der Waals surface area contributed by atoms with Crippen molar-refractivity contribution in [3.63, 3.8) is 0 Å². The number of aryl methyl sites for hydroxylation is 2. The van der Waals surface area contributed by atoms with Gasteiger partial charge in [-0.3, -0.25) is 9.59 Å². The second-order valence-corrected chi connectivity index (χ2v) is 10.2. The Balaban J connectivity index is 1.26. The highest BCUT2D eigenvalue weighted by Gasteiger charge is 2.26. The van der Waals surface area contributed by atoms with Crippen molar-refractivity contribution >= 4 is 28.9 Å². The molecular formula is C33H37N5O3. The summed E-state index contributed by atoms with van der Waals surface area (Å²) in [6.07, 6.45) is 0.927.